The first-order chi connectivity index (χ1) is 16.6. The van der Waals surface area contributed by atoms with Crippen LogP contribution in [0, 0.1) is 0 Å². The van der Waals surface area contributed by atoms with E-state index in [0.717, 1.165) is 6.42 Å². The van der Waals surface area contributed by atoms with Crippen molar-refractivity contribution >= 4 is 16.9 Å². The first-order valence-electron chi connectivity index (χ1n) is 12.2. The van der Waals surface area contributed by atoms with Gasteiger partial charge in [-0.1, -0.05) is 105 Å². The number of anilines is 2. The molecule has 164 valence electrons. The predicted molar refractivity (Wildman–Crippen MR) is 142 cm³/mol. The number of nitrogens with zero attached hydrogens (tertiary/aromatic N) is 1. The quantitative estimate of drug-likeness (QED) is 0.303. The van der Waals surface area contributed by atoms with Gasteiger partial charge < -0.3 is 4.90 Å². The Bertz CT molecular complexity index is 1490. The molecule has 0 radical (unpaired) electrons. The smallest absolute Gasteiger partial charge is 0.0499 e. The average Bonchev–Trinajstić information content (AvgIpc) is 3.22. The lowest BCUT2D eigenvalue weighted by Crippen LogP contribution is -2.34. The summed E-state index contributed by atoms with van der Waals surface area (Å²) in [6.45, 7) is 4.79. The van der Waals surface area contributed by atoms with E-state index in [1.807, 2.05) is 0 Å². The molecule has 0 fully saturated rings. The first-order valence-corrected chi connectivity index (χ1v) is 12.2. The summed E-state index contributed by atoms with van der Waals surface area (Å²) in [5.41, 5.74) is 13.7. The van der Waals surface area contributed by atoms with Crippen LogP contribution in [0.25, 0.3) is 16.7 Å². The fraction of sp³-hybridized carbons (Fsp3) is 0.152. The molecule has 2 heterocycles. The van der Waals surface area contributed by atoms with Crippen LogP contribution >= 0.6 is 0 Å². The maximum absolute atomic E-state index is 2.56. The number of benzene rings is 4. The summed E-state index contributed by atoms with van der Waals surface area (Å²) in [6.07, 6.45) is 3.52. The molecule has 7 rings (SSSR count). The average molecular weight is 438 g/mol. The number of allylic oxidation sites excluding steroid dienone is 4. The molecule has 3 aliphatic rings. The van der Waals surface area contributed by atoms with E-state index in [1.165, 1.54) is 56.0 Å². The molecule has 0 aromatic heterocycles. The van der Waals surface area contributed by atoms with Gasteiger partial charge in [-0.2, -0.15) is 0 Å². The van der Waals surface area contributed by atoms with E-state index in [9.17, 15) is 0 Å². The van der Waals surface area contributed by atoms with Crippen molar-refractivity contribution < 1.29 is 0 Å². The lowest BCUT2D eigenvalue weighted by molar-refractivity contribution is 0.600. The van der Waals surface area contributed by atoms with Gasteiger partial charge in [0.1, 0.15) is 0 Å². The van der Waals surface area contributed by atoms with Gasteiger partial charge in [0.25, 0.3) is 0 Å². The number of fused-ring (bicyclic) bond motifs is 5. The molecule has 1 nitrogen and oxygen atoms in total. The zero-order valence-corrected chi connectivity index (χ0v) is 19.6. The summed E-state index contributed by atoms with van der Waals surface area (Å²) in [7, 11) is 0. The van der Waals surface area contributed by atoms with Gasteiger partial charge in [-0.05, 0) is 63.6 Å². The molecule has 1 unspecified atom stereocenters. The Morgan fingerprint density at radius 1 is 0.676 bits per heavy atom. The van der Waals surface area contributed by atoms with Gasteiger partial charge in [-0.25, -0.2) is 0 Å². The van der Waals surface area contributed by atoms with Crippen LogP contribution in [-0.2, 0) is 5.41 Å². The second-order valence-electron chi connectivity index (χ2n) is 10.2. The van der Waals surface area contributed by atoms with Crippen molar-refractivity contribution in [3.05, 3.63) is 137 Å². The standard InChI is InChI=1S/C33H27N/c1-33(2)28-15-9-10-16-31(28)34-30-18-17-24(22-11-5-3-6-12-22)19-26(30)27-20-25(21-29(33)32(27)34)23-13-7-4-8-14-23/h3-19,21,27H,20H2,1-2H3. The van der Waals surface area contributed by atoms with Crippen LogP contribution in [0.1, 0.15) is 42.9 Å². The monoisotopic (exact) mass is 437 g/mol. The Labute approximate surface area is 201 Å². The fourth-order valence-corrected chi connectivity index (χ4v) is 6.28. The highest BCUT2D eigenvalue weighted by atomic mass is 15.2. The minimum atomic E-state index is -0.0502. The molecule has 0 saturated carbocycles. The zero-order chi connectivity index (χ0) is 22.9. The molecule has 4 aromatic carbocycles. The van der Waals surface area contributed by atoms with Gasteiger partial charge in [0.05, 0.1) is 0 Å². The van der Waals surface area contributed by atoms with Crippen molar-refractivity contribution in [2.45, 2.75) is 31.6 Å². The summed E-state index contributed by atoms with van der Waals surface area (Å²) in [4.78, 5) is 2.56. The summed E-state index contributed by atoms with van der Waals surface area (Å²) in [5.74, 6) is 0.362. The predicted octanol–water partition coefficient (Wildman–Crippen LogP) is 8.62. The third-order valence-corrected chi connectivity index (χ3v) is 7.98. The molecule has 0 N–H and O–H groups in total. The normalized spacial score (nSPS) is 19.3. The summed E-state index contributed by atoms with van der Waals surface area (Å²) < 4.78 is 0. The van der Waals surface area contributed by atoms with Crippen LogP contribution in [0.3, 0.4) is 0 Å². The number of hydrogen-bond donors (Lipinski definition) is 0. The van der Waals surface area contributed by atoms with Gasteiger partial charge in [-0.3, -0.25) is 0 Å². The van der Waals surface area contributed by atoms with Crippen LogP contribution in [0.15, 0.2) is 120 Å². The molecule has 1 aliphatic carbocycles. The van der Waals surface area contributed by atoms with E-state index < -0.39 is 0 Å². The molecule has 4 aromatic rings. The molecule has 34 heavy (non-hydrogen) atoms. The van der Waals surface area contributed by atoms with E-state index in [-0.39, 0.29) is 5.41 Å². The lowest BCUT2D eigenvalue weighted by Gasteiger charge is -2.43. The van der Waals surface area contributed by atoms with Crippen LogP contribution in [-0.4, -0.2) is 0 Å². The van der Waals surface area contributed by atoms with E-state index >= 15 is 0 Å². The molecule has 0 amide bonds. The largest absolute Gasteiger partial charge is 0.313 e. The van der Waals surface area contributed by atoms with Crippen molar-refractivity contribution in [3.63, 3.8) is 0 Å². The van der Waals surface area contributed by atoms with E-state index in [2.05, 4.69) is 128 Å². The van der Waals surface area contributed by atoms with Crippen LogP contribution in [0.4, 0.5) is 11.4 Å². The molecule has 1 atom stereocenters. The molecule has 2 aliphatic heterocycles. The third kappa shape index (κ3) is 2.67. The topological polar surface area (TPSA) is 3.24 Å². The van der Waals surface area contributed by atoms with Crippen molar-refractivity contribution in [2.24, 2.45) is 0 Å². The number of rotatable bonds is 2. The lowest BCUT2D eigenvalue weighted by atomic mass is 9.68. The summed E-state index contributed by atoms with van der Waals surface area (Å²) >= 11 is 0. The Balaban J connectivity index is 1.49. The van der Waals surface area contributed by atoms with Gasteiger partial charge in [0.15, 0.2) is 0 Å². The van der Waals surface area contributed by atoms with Gasteiger partial charge >= 0.3 is 0 Å². The number of hydrogen-bond acceptors (Lipinski definition) is 1. The van der Waals surface area contributed by atoms with Crippen molar-refractivity contribution in [2.75, 3.05) is 4.90 Å². The van der Waals surface area contributed by atoms with Crippen molar-refractivity contribution in [1.82, 2.24) is 0 Å². The third-order valence-electron chi connectivity index (χ3n) is 7.98. The minimum Gasteiger partial charge on any atom is -0.313 e. The molecular weight excluding hydrogens is 410 g/mol. The number of para-hydroxylation sites is 1. The van der Waals surface area contributed by atoms with Crippen molar-refractivity contribution in [1.29, 1.82) is 0 Å². The van der Waals surface area contributed by atoms with E-state index in [0.29, 0.717) is 5.92 Å². The molecule has 0 bridgehead atoms. The van der Waals surface area contributed by atoms with Gasteiger partial charge in [0, 0.05) is 28.4 Å². The van der Waals surface area contributed by atoms with Crippen LogP contribution < -0.4 is 4.90 Å². The fourth-order valence-electron chi connectivity index (χ4n) is 6.28. The Hall–Kier alpha value is -3.84. The first kappa shape index (κ1) is 19.6. The summed E-state index contributed by atoms with van der Waals surface area (Å²) in [6, 6.07) is 37.8. The second-order valence-corrected chi connectivity index (χ2v) is 10.2. The Kier molecular flexibility index (Phi) is 4.08. The second kappa shape index (κ2) is 7.08. The molecular formula is C33H27N. The Morgan fingerprint density at radius 2 is 1.35 bits per heavy atom. The maximum Gasteiger partial charge on any atom is 0.0499 e. The molecule has 0 spiro atoms. The molecule has 1 heteroatoms. The maximum atomic E-state index is 2.56. The Morgan fingerprint density at radius 3 is 2.12 bits per heavy atom. The van der Waals surface area contributed by atoms with Crippen LogP contribution in [0.2, 0.25) is 0 Å². The highest BCUT2D eigenvalue weighted by molar-refractivity contribution is 5.90. The van der Waals surface area contributed by atoms with Gasteiger partial charge in [0.2, 0.25) is 0 Å². The molecule has 0 saturated heterocycles. The highest BCUT2D eigenvalue weighted by Crippen LogP contribution is 2.61. The highest BCUT2D eigenvalue weighted by Gasteiger charge is 2.47. The SMILES string of the molecule is CC1(C)C2=C3C(CC(c4ccccc4)=C2)c2cc(-c4ccccc4)ccc2N3c2ccccc21. The van der Waals surface area contributed by atoms with Crippen LogP contribution in [0.5, 0.6) is 0 Å². The van der Waals surface area contributed by atoms with Gasteiger partial charge in [-0.15, -0.1) is 0 Å². The minimum absolute atomic E-state index is 0.0502. The van der Waals surface area contributed by atoms with E-state index in [4.69, 9.17) is 0 Å². The summed E-state index contributed by atoms with van der Waals surface area (Å²) in [5, 5.41) is 0. The zero-order valence-electron chi connectivity index (χ0n) is 19.6. The van der Waals surface area contributed by atoms with Crippen molar-refractivity contribution in [3.8, 4) is 11.1 Å². The van der Waals surface area contributed by atoms with E-state index in [1.54, 1.807) is 0 Å².